The summed E-state index contributed by atoms with van der Waals surface area (Å²) < 4.78 is 0. The van der Waals surface area contributed by atoms with Gasteiger partial charge in [-0.3, -0.25) is 4.79 Å². The quantitative estimate of drug-likeness (QED) is 0.584. The molecule has 1 aliphatic carbocycles. The third-order valence-electron chi connectivity index (χ3n) is 3.60. The molecule has 21 heavy (non-hydrogen) atoms. The van der Waals surface area contributed by atoms with Crippen LogP contribution in [-0.2, 0) is 6.42 Å². The molecule has 2 atom stereocenters. The van der Waals surface area contributed by atoms with E-state index in [2.05, 4.69) is 10.3 Å². The van der Waals surface area contributed by atoms with Crippen molar-refractivity contribution < 1.29 is 14.8 Å². The minimum atomic E-state index is -0.698. The van der Waals surface area contributed by atoms with E-state index in [1.54, 1.807) is 0 Å². The zero-order valence-corrected chi connectivity index (χ0v) is 10.9. The van der Waals surface area contributed by atoms with Crippen LogP contribution >= 0.6 is 0 Å². The number of hydrogen-bond donors (Lipinski definition) is 3. The van der Waals surface area contributed by atoms with Gasteiger partial charge in [0.25, 0.3) is 5.91 Å². The van der Waals surface area contributed by atoms with Gasteiger partial charge in [-0.1, -0.05) is 24.3 Å². The molecule has 0 fully saturated rings. The second-order valence-electron chi connectivity index (χ2n) is 4.94. The molecule has 0 radical (unpaired) electrons. The highest BCUT2D eigenvalue weighted by Crippen LogP contribution is 2.31. The average Bonchev–Trinajstić information content (AvgIpc) is 3.05. The highest BCUT2D eigenvalue weighted by molar-refractivity contribution is 5.93. The Hall–Kier alpha value is -2.67. The number of aliphatic hydroxyl groups is 1. The van der Waals surface area contributed by atoms with E-state index in [1.165, 1.54) is 12.1 Å². The number of rotatable bonds is 3. The van der Waals surface area contributed by atoms with Crippen molar-refractivity contribution in [2.75, 3.05) is 0 Å². The van der Waals surface area contributed by atoms with Gasteiger partial charge in [-0.2, -0.15) is 0 Å². The summed E-state index contributed by atoms with van der Waals surface area (Å²) in [5.74, 6) is -0.726. The summed E-state index contributed by atoms with van der Waals surface area (Å²) >= 11 is 0. The number of aromatic nitrogens is 1. The molecule has 1 aliphatic rings. The van der Waals surface area contributed by atoms with Gasteiger partial charge in [-0.25, -0.2) is 4.98 Å². The molecule has 7 heteroatoms. The lowest BCUT2D eigenvalue weighted by Crippen LogP contribution is -2.34. The van der Waals surface area contributed by atoms with Crippen LogP contribution in [0.25, 0.3) is 0 Å². The van der Waals surface area contributed by atoms with E-state index < -0.39 is 23.0 Å². The molecule has 7 nitrogen and oxygen atoms in total. The van der Waals surface area contributed by atoms with Gasteiger partial charge >= 0.3 is 5.82 Å². The minimum Gasteiger partial charge on any atom is -0.390 e. The zero-order chi connectivity index (χ0) is 15.0. The Morgan fingerprint density at radius 3 is 2.81 bits per heavy atom. The van der Waals surface area contributed by atoms with Crippen molar-refractivity contribution in [2.24, 2.45) is 0 Å². The second-order valence-corrected chi connectivity index (χ2v) is 4.94. The second kappa shape index (κ2) is 5.02. The summed E-state index contributed by atoms with van der Waals surface area (Å²) in [6.07, 6.45) is -0.220. The van der Waals surface area contributed by atoms with Crippen molar-refractivity contribution in [3.05, 3.63) is 63.3 Å². The third kappa shape index (κ3) is 2.38. The van der Waals surface area contributed by atoms with Gasteiger partial charge in [-0.05, 0) is 22.1 Å². The van der Waals surface area contributed by atoms with E-state index in [0.717, 1.165) is 11.1 Å². The van der Waals surface area contributed by atoms with Gasteiger partial charge in [0.1, 0.15) is 0 Å². The molecule has 108 valence electrons. The Bertz CT molecular complexity index is 710. The highest BCUT2D eigenvalue weighted by Gasteiger charge is 2.32. The molecule has 0 spiro atoms. The van der Waals surface area contributed by atoms with Gasteiger partial charge in [0.05, 0.1) is 12.1 Å². The summed E-state index contributed by atoms with van der Waals surface area (Å²) in [5.41, 5.74) is 1.96. The topological polar surface area (TPSA) is 108 Å². The molecule has 0 aliphatic heterocycles. The number of carbonyl (C=O) groups is 1. The summed E-state index contributed by atoms with van der Waals surface area (Å²) in [4.78, 5) is 24.5. The molecule has 1 aromatic heterocycles. The molecular formula is C14H13N3O4. The first-order valence-corrected chi connectivity index (χ1v) is 6.46. The molecule has 3 N–H and O–H groups in total. The number of fused-ring (bicyclic) bond motifs is 1. The van der Waals surface area contributed by atoms with Crippen LogP contribution in [0.4, 0.5) is 5.82 Å². The number of hydrogen-bond acceptors (Lipinski definition) is 4. The Labute approximate surface area is 119 Å². The van der Waals surface area contributed by atoms with Crippen molar-refractivity contribution >= 4 is 11.7 Å². The number of nitro groups is 1. The molecule has 0 unspecified atom stereocenters. The number of carbonyl (C=O) groups excluding carboxylic acids is 1. The molecule has 1 heterocycles. The largest absolute Gasteiger partial charge is 0.390 e. The SMILES string of the molecule is O=C(N[C@H]1c2ccccc2C[C@H]1O)c1ccc([N+](=O)[O-])[nH]1. The minimum absolute atomic E-state index is 0.0956. The molecule has 0 saturated carbocycles. The normalized spacial score (nSPS) is 20.0. The molecule has 2 aromatic rings. The molecule has 0 saturated heterocycles. The fourth-order valence-corrected chi connectivity index (χ4v) is 2.59. The maximum atomic E-state index is 12.1. The van der Waals surface area contributed by atoms with E-state index in [4.69, 9.17) is 0 Å². The average molecular weight is 287 g/mol. The first kappa shape index (κ1) is 13.3. The van der Waals surface area contributed by atoms with E-state index in [-0.39, 0.29) is 11.5 Å². The van der Waals surface area contributed by atoms with E-state index >= 15 is 0 Å². The first-order valence-electron chi connectivity index (χ1n) is 6.46. The predicted molar refractivity (Wildman–Crippen MR) is 73.8 cm³/mol. The van der Waals surface area contributed by atoms with Crippen molar-refractivity contribution in [1.82, 2.24) is 10.3 Å². The van der Waals surface area contributed by atoms with Gasteiger partial charge in [0.2, 0.25) is 0 Å². The number of nitrogens with one attached hydrogen (secondary N) is 2. The summed E-state index contributed by atoms with van der Waals surface area (Å²) in [6, 6.07) is 9.56. The van der Waals surface area contributed by atoms with Gasteiger partial charge < -0.3 is 20.5 Å². The lowest BCUT2D eigenvalue weighted by atomic mass is 10.1. The van der Waals surface area contributed by atoms with Crippen LogP contribution in [0.15, 0.2) is 36.4 Å². The molecule has 1 amide bonds. The van der Waals surface area contributed by atoms with E-state index in [1.807, 2.05) is 24.3 Å². The van der Waals surface area contributed by atoms with Gasteiger partial charge in [-0.15, -0.1) is 0 Å². The highest BCUT2D eigenvalue weighted by atomic mass is 16.6. The molecule has 0 bridgehead atoms. The fourth-order valence-electron chi connectivity index (χ4n) is 2.59. The lowest BCUT2D eigenvalue weighted by Gasteiger charge is -2.16. The van der Waals surface area contributed by atoms with Crippen LogP contribution < -0.4 is 5.32 Å². The van der Waals surface area contributed by atoms with Crippen molar-refractivity contribution in [2.45, 2.75) is 18.6 Å². The third-order valence-corrected chi connectivity index (χ3v) is 3.60. The first-order chi connectivity index (χ1) is 10.1. The smallest absolute Gasteiger partial charge is 0.321 e. The molecule has 3 rings (SSSR count). The number of amides is 1. The van der Waals surface area contributed by atoms with Crippen LogP contribution in [0.2, 0.25) is 0 Å². The van der Waals surface area contributed by atoms with E-state index in [0.29, 0.717) is 6.42 Å². The summed E-state index contributed by atoms with van der Waals surface area (Å²) in [6.45, 7) is 0. The maximum absolute atomic E-state index is 12.1. The van der Waals surface area contributed by atoms with E-state index in [9.17, 15) is 20.0 Å². The molecule has 1 aromatic carbocycles. The van der Waals surface area contributed by atoms with Crippen LogP contribution in [0.3, 0.4) is 0 Å². The Balaban J connectivity index is 1.80. The van der Waals surface area contributed by atoms with Crippen LogP contribution in [-0.4, -0.2) is 27.0 Å². The standard InChI is InChI=1S/C14H13N3O4/c18-11-7-8-3-1-2-4-9(8)13(11)16-14(19)10-5-6-12(15-10)17(20)21/h1-6,11,13,15,18H,7H2,(H,16,19)/t11-,13+/m1/s1. The number of H-pyrrole nitrogens is 1. The van der Waals surface area contributed by atoms with Crippen molar-refractivity contribution in [3.8, 4) is 0 Å². The van der Waals surface area contributed by atoms with Gasteiger partial charge in [0, 0.05) is 12.5 Å². The van der Waals surface area contributed by atoms with Crippen LogP contribution in [0.1, 0.15) is 27.7 Å². The molecular weight excluding hydrogens is 274 g/mol. The van der Waals surface area contributed by atoms with Gasteiger partial charge in [0.15, 0.2) is 5.69 Å². The van der Waals surface area contributed by atoms with Crippen LogP contribution in [0.5, 0.6) is 0 Å². The number of nitrogens with zero attached hydrogens (tertiary/aromatic N) is 1. The van der Waals surface area contributed by atoms with Crippen LogP contribution in [0, 0.1) is 10.1 Å². The van der Waals surface area contributed by atoms with Crippen molar-refractivity contribution in [3.63, 3.8) is 0 Å². The predicted octanol–water partition coefficient (Wildman–Crippen LogP) is 1.31. The summed E-state index contributed by atoms with van der Waals surface area (Å²) in [7, 11) is 0. The zero-order valence-electron chi connectivity index (χ0n) is 10.9. The number of aliphatic hydroxyl groups excluding tert-OH is 1. The maximum Gasteiger partial charge on any atom is 0.321 e. The Morgan fingerprint density at radius 2 is 2.10 bits per heavy atom. The Morgan fingerprint density at radius 1 is 1.33 bits per heavy atom. The van der Waals surface area contributed by atoms with Crippen molar-refractivity contribution in [1.29, 1.82) is 0 Å². The summed E-state index contributed by atoms with van der Waals surface area (Å²) in [5, 5.41) is 23.4. The fraction of sp³-hybridized carbons (Fsp3) is 0.214. The Kier molecular flexibility index (Phi) is 3.19. The number of aromatic amines is 1. The monoisotopic (exact) mass is 287 g/mol. The lowest BCUT2D eigenvalue weighted by molar-refractivity contribution is -0.389. The number of benzene rings is 1.